The summed E-state index contributed by atoms with van der Waals surface area (Å²) >= 11 is 10.7. The van der Waals surface area contributed by atoms with Crippen molar-refractivity contribution < 1.29 is 18.7 Å². The van der Waals surface area contributed by atoms with Gasteiger partial charge in [-0.1, -0.05) is 51.4 Å². The van der Waals surface area contributed by atoms with Gasteiger partial charge in [0.05, 0.1) is 36.9 Å². The molecule has 1 amide bonds. The van der Waals surface area contributed by atoms with E-state index in [1.165, 1.54) is 26.0 Å². The predicted octanol–water partition coefficient (Wildman–Crippen LogP) is 5.51. The summed E-state index contributed by atoms with van der Waals surface area (Å²) in [4.78, 5) is 16.5. The standard InChI is InChI=1S/C19H16BrClN2O4S/c1-25-15-8-16(26-2)14(7-13(15)21)23-18(24)10-28-19-22-9-17(27-19)11-3-5-12(20)6-4-11/h3-9H,10H2,1-2H3,(H,23,24). The van der Waals surface area contributed by atoms with Crippen molar-refractivity contribution in [1.29, 1.82) is 0 Å². The highest BCUT2D eigenvalue weighted by molar-refractivity contribution is 9.10. The Kier molecular flexibility index (Phi) is 6.88. The fourth-order valence-electron chi connectivity index (χ4n) is 2.34. The smallest absolute Gasteiger partial charge is 0.256 e. The molecule has 6 nitrogen and oxygen atoms in total. The number of amides is 1. The second-order valence-corrected chi connectivity index (χ2v) is 7.77. The van der Waals surface area contributed by atoms with Crippen molar-refractivity contribution in [3.8, 4) is 22.8 Å². The summed E-state index contributed by atoms with van der Waals surface area (Å²) in [6.45, 7) is 0. The highest BCUT2D eigenvalue weighted by Crippen LogP contribution is 2.36. The normalized spacial score (nSPS) is 10.6. The van der Waals surface area contributed by atoms with Crippen LogP contribution in [0.3, 0.4) is 0 Å². The number of thioether (sulfide) groups is 1. The van der Waals surface area contributed by atoms with E-state index in [0.717, 1.165) is 10.0 Å². The van der Waals surface area contributed by atoms with E-state index in [1.807, 2.05) is 24.3 Å². The first-order valence-corrected chi connectivity index (χ1v) is 10.2. The highest BCUT2D eigenvalue weighted by Gasteiger charge is 2.14. The maximum absolute atomic E-state index is 12.3. The van der Waals surface area contributed by atoms with E-state index in [0.29, 0.717) is 33.2 Å². The van der Waals surface area contributed by atoms with Crippen molar-refractivity contribution >= 4 is 50.9 Å². The maximum Gasteiger partial charge on any atom is 0.256 e. The van der Waals surface area contributed by atoms with Crippen LogP contribution in [0.5, 0.6) is 11.5 Å². The van der Waals surface area contributed by atoms with E-state index in [1.54, 1.807) is 18.3 Å². The van der Waals surface area contributed by atoms with Crippen LogP contribution in [0.2, 0.25) is 5.02 Å². The fourth-order valence-corrected chi connectivity index (χ4v) is 3.45. The fraction of sp³-hybridized carbons (Fsp3) is 0.158. The van der Waals surface area contributed by atoms with E-state index in [-0.39, 0.29) is 11.7 Å². The molecule has 9 heteroatoms. The van der Waals surface area contributed by atoms with E-state index in [4.69, 9.17) is 25.5 Å². The summed E-state index contributed by atoms with van der Waals surface area (Å²) in [5.74, 6) is 1.43. The number of nitrogens with one attached hydrogen (secondary N) is 1. The van der Waals surface area contributed by atoms with Crippen LogP contribution in [0.15, 0.2) is 56.7 Å². The summed E-state index contributed by atoms with van der Waals surface area (Å²) < 4.78 is 17.1. The lowest BCUT2D eigenvalue weighted by Crippen LogP contribution is -2.14. The van der Waals surface area contributed by atoms with Crippen LogP contribution in [0.1, 0.15) is 0 Å². The molecule has 0 bridgehead atoms. The van der Waals surface area contributed by atoms with Gasteiger partial charge in [-0.05, 0) is 18.2 Å². The molecule has 0 fully saturated rings. The van der Waals surface area contributed by atoms with Gasteiger partial charge in [-0.2, -0.15) is 0 Å². The van der Waals surface area contributed by atoms with E-state index in [2.05, 4.69) is 26.2 Å². The molecule has 0 aliphatic heterocycles. The maximum atomic E-state index is 12.3. The van der Waals surface area contributed by atoms with Gasteiger partial charge >= 0.3 is 0 Å². The average Bonchev–Trinajstić information content (AvgIpc) is 3.16. The van der Waals surface area contributed by atoms with Crippen LogP contribution >= 0.6 is 39.3 Å². The Morgan fingerprint density at radius 3 is 2.61 bits per heavy atom. The Hall–Kier alpha value is -2.16. The lowest BCUT2D eigenvalue weighted by Gasteiger charge is -2.12. The molecule has 2 aromatic carbocycles. The number of ether oxygens (including phenoxy) is 2. The van der Waals surface area contributed by atoms with Crippen molar-refractivity contribution in [2.45, 2.75) is 5.22 Å². The summed E-state index contributed by atoms with van der Waals surface area (Å²) in [7, 11) is 3.01. The summed E-state index contributed by atoms with van der Waals surface area (Å²) in [5.41, 5.74) is 1.37. The lowest BCUT2D eigenvalue weighted by molar-refractivity contribution is -0.113. The molecule has 0 spiro atoms. The number of hydrogen-bond donors (Lipinski definition) is 1. The van der Waals surface area contributed by atoms with Gasteiger partial charge in [0.25, 0.3) is 5.22 Å². The van der Waals surface area contributed by atoms with Gasteiger partial charge in [0, 0.05) is 16.1 Å². The number of halogens is 2. The molecule has 3 aromatic rings. The van der Waals surface area contributed by atoms with Gasteiger partial charge in [0.2, 0.25) is 5.91 Å². The molecule has 0 saturated heterocycles. The lowest BCUT2D eigenvalue weighted by atomic mass is 10.2. The summed E-state index contributed by atoms with van der Waals surface area (Å²) in [6, 6.07) is 10.9. The zero-order valence-electron chi connectivity index (χ0n) is 15.0. The van der Waals surface area contributed by atoms with Gasteiger partial charge in [-0.3, -0.25) is 4.79 Å². The molecule has 0 unspecified atom stereocenters. The van der Waals surface area contributed by atoms with Crippen LogP contribution in [0.4, 0.5) is 5.69 Å². The van der Waals surface area contributed by atoms with Gasteiger partial charge < -0.3 is 19.2 Å². The second-order valence-electron chi connectivity index (χ2n) is 5.52. The third-order valence-electron chi connectivity index (χ3n) is 3.69. The van der Waals surface area contributed by atoms with Gasteiger partial charge in [0.1, 0.15) is 11.5 Å². The molecule has 0 atom stereocenters. The Bertz CT molecular complexity index is 979. The molecular weight excluding hydrogens is 468 g/mol. The number of benzene rings is 2. The Morgan fingerprint density at radius 2 is 1.93 bits per heavy atom. The van der Waals surface area contributed by atoms with E-state index >= 15 is 0 Å². The van der Waals surface area contributed by atoms with Crippen molar-refractivity contribution in [3.63, 3.8) is 0 Å². The SMILES string of the molecule is COc1cc(OC)c(NC(=O)CSc2ncc(-c3ccc(Br)cc3)o2)cc1Cl. The Morgan fingerprint density at radius 1 is 1.21 bits per heavy atom. The molecule has 0 radical (unpaired) electrons. The molecule has 0 aliphatic carbocycles. The summed E-state index contributed by atoms with van der Waals surface area (Å²) in [5, 5.41) is 3.55. The van der Waals surface area contributed by atoms with Crippen LogP contribution < -0.4 is 14.8 Å². The molecule has 3 rings (SSSR count). The van der Waals surface area contributed by atoms with Gasteiger partial charge in [-0.25, -0.2) is 4.98 Å². The van der Waals surface area contributed by atoms with Crippen LogP contribution in [0, 0.1) is 0 Å². The molecular formula is C19H16BrClN2O4S. The minimum Gasteiger partial charge on any atom is -0.495 e. The first-order valence-electron chi connectivity index (χ1n) is 8.06. The number of aromatic nitrogens is 1. The summed E-state index contributed by atoms with van der Waals surface area (Å²) in [6.07, 6.45) is 1.63. The minimum atomic E-state index is -0.243. The molecule has 1 N–H and O–H groups in total. The number of methoxy groups -OCH3 is 2. The highest BCUT2D eigenvalue weighted by atomic mass is 79.9. The van der Waals surface area contributed by atoms with Crippen LogP contribution in [-0.2, 0) is 4.79 Å². The first kappa shape index (κ1) is 20.6. The largest absolute Gasteiger partial charge is 0.495 e. The quantitative estimate of drug-likeness (QED) is 0.447. The minimum absolute atomic E-state index is 0.118. The number of rotatable bonds is 7. The Balaban J connectivity index is 1.62. The average molecular weight is 484 g/mol. The second kappa shape index (κ2) is 9.36. The third-order valence-corrected chi connectivity index (χ3v) is 5.35. The number of hydrogen-bond acceptors (Lipinski definition) is 6. The van der Waals surface area contributed by atoms with E-state index < -0.39 is 0 Å². The zero-order chi connectivity index (χ0) is 20.1. The van der Waals surface area contributed by atoms with Crippen molar-refractivity contribution in [2.75, 3.05) is 25.3 Å². The van der Waals surface area contributed by atoms with Crippen LogP contribution in [0.25, 0.3) is 11.3 Å². The molecule has 146 valence electrons. The van der Waals surface area contributed by atoms with Gasteiger partial charge in [0.15, 0.2) is 5.76 Å². The number of nitrogens with zero attached hydrogens (tertiary/aromatic N) is 1. The molecule has 1 heterocycles. The van der Waals surface area contributed by atoms with Crippen molar-refractivity contribution in [1.82, 2.24) is 4.98 Å². The van der Waals surface area contributed by atoms with Crippen LogP contribution in [-0.4, -0.2) is 30.9 Å². The third kappa shape index (κ3) is 5.01. The molecule has 28 heavy (non-hydrogen) atoms. The number of anilines is 1. The van der Waals surface area contributed by atoms with E-state index in [9.17, 15) is 4.79 Å². The number of carbonyl (C=O) groups is 1. The predicted molar refractivity (Wildman–Crippen MR) is 114 cm³/mol. The number of oxazole rings is 1. The Labute approximate surface area is 179 Å². The van der Waals surface area contributed by atoms with Crippen molar-refractivity contribution in [3.05, 3.63) is 52.1 Å². The zero-order valence-corrected chi connectivity index (χ0v) is 18.2. The topological polar surface area (TPSA) is 73.6 Å². The molecule has 0 saturated carbocycles. The molecule has 0 aliphatic rings. The number of carbonyl (C=O) groups excluding carboxylic acids is 1. The van der Waals surface area contributed by atoms with Gasteiger partial charge in [-0.15, -0.1) is 0 Å². The monoisotopic (exact) mass is 482 g/mol. The van der Waals surface area contributed by atoms with Crippen molar-refractivity contribution in [2.24, 2.45) is 0 Å². The molecule has 1 aromatic heterocycles. The first-order chi connectivity index (χ1) is 13.5.